The van der Waals surface area contributed by atoms with Crippen LogP contribution in [0, 0.1) is 11.3 Å². The molecule has 2 unspecified atom stereocenters. The first-order valence-corrected chi connectivity index (χ1v) is 7.15. The summed E-state index contributed by atoms with van der Waals surface area (Å²) >= 11 is 12.2. The van der Waals surface area contributed by atoms with E-state index >= 15 is 0 Å². The lowest BCUT2D eigenvalue weighted by Crippen LogP contribution is -2.31. The standard InChI is InChI=1S/C15H23Cl2N/c1-10(15(3,4)5)9-18-11(2)13-8-12(16)6-7-14(13)17/h6-8,10-11,18H,9H2,1-5H3. The Morgan fingerprint density at radius 1 is 1.17 bits per heavy atom. The van der Waals surface area contributed by atoms with E-state index in [1.807, 2.05) is 18.2 Å². The fraction of sp³-hybridized carbons (Fsp3) is 0.600. The third-order valence-electron chi connectivity index (χ3n) is 3.63. The molecule has 0 aliphatic carbocycles. The van der Waals surface area contributed by atoms with E-state index in [-0.39, 0.29) is 6.04 Å². The van der Waals surface area contributed by atoms with Crippen LogP contribution in [0.3, 0.4) is 0 Å². The van der Waals surface area contributed by atoms with Gasteiger partial charge >= 0.3 is 0 Å². The second-order valence-corrected chi connectivity index (χ2v) is 6.91. The summed E-state index contributed by atoms with van der Waals surface area (Å²) in [5, 5.41) is 5.03. The average molecular weight is 288 g/mol. The molecule has 1 aromatic carbocycles. The van der Waals surface area contributed by atoms with Crippen LogP contribution >= 0.6 is 23.2 Å². The van der Waals surface area contributed by atoms with Gasteiger partial charge in [-0.1, -0.05) is 50.9 Å². The Morgan fingerprint density at radius 2 is 1.78 bits per heavy atom. The number of benzene rings is 1. The van der Waals surface area contributed by atoms with Gasteiger partial charge in [-0.15, -0.1) is 0 Å². The number of hydrogen-bond donors (Lipinski definition) is 1. The highest BCUT2D eigenvalue weighted by atomic mass is 35.5. The third-order valence-corrected chi connectivity index (χ3v) is 4.21. The van der Waals surface area contributed by atoms with E-state index in [1.165, 1.54) is 0 Å². The van der Waals surface area contributed by atoms with Crippen molar-refractivity contribution in [3.63, 3.8) is 0 Å². The van der Waals surface area contributed by atoms with Crippen LogP contribution in [-0.4, -0.2) is 6.54 Å². The second kappa shape index (κ2) is 6.27. The predicted octanol–water partition coefficient (Wildman–Crippen LogP) is 5.33. The van der Waals surface area contributed by atoms with Crippen LogP contribution in [0.1, 0.15) is 46.2 Å². The lowest BCUT2D eigenvalue weighted by Gasteiger charge is -2.29. The predicted molar refractivity (Wildman–Crippen MR) is 81.5 cm³/mol. The van der Waals surface area contributed by atoms with Gasteiger partial charge in [0.05, 0.1) is 0 Å². The van der Waals surface area contributed by atoms with E-state index in [0.29, 0.717) is 11.3 Å². The van der Waals surface area contributed by atoms with E-state index in [0.717, 1.165) is 22.2 Å². The van der Waals surface area contributed by atoms with E-state index in [9.17, 15) is 0 Å². The van der Waals surface area contributed by atoms with Crippen LogP contribution in [0.4, 0.5) is 0 Å². The maximum absolute atomic E-state index is 6.20. The molecule has 0 fully saturated rings. The molecule has 1 rings (SSSR count). The van der Waals surface area contributed by atoms with Crippen molar-refractivity contribution in [1.29, 1.82) is 0 Å². The minimum absolute atomic E-state index is 0.209. The van der Waals surface area contributed by atoms with Crippen molar-refractivity contribution < 1.29 is 0 Å². The molecule has 0 amide bonds. The Balaban J connectivity index is 2.66. The van der Waals surface area contributed by atoms with Gasteiger partial charge in [-0.2, -0.15) is 0 Å². The zero-order valence-electron chi connectivity index (χ0n) is 11.8. The van der Waals surface area contributed by atoms with Crippen LogP contribution in [0.2, 0.25) is 10.0 Å². The smallest absolute Gasteiger partial charge is 0.0454 e. The molecule has 18 heavy (non-hydrogen) atoms. The second-order valence-electron chi connectivity index (χ2n) is 6.06. The van der Waals surface area contributed by atoms with Crippen LogP contribution in [-0.2, 0) is 0 Å². The summed E-state index contributed by atoms with van der Waals surface area (Å²) in [4.78, 5) is 0. The fourth-order valence-electron chi connectivity index (χ4n) is 1.62. The Labute approximate surface area is 121 Å². The Morgan fingerprint density at radius 3 is 2.33 bits per heavy atom. The van der Waals surface area contributed by atoms with Crippen LogP contribution in [0.25, 0.3) is 0 Å². The van der Waals surface area contributed by atoms with Gasteiger partial charge in [0.15, 0.2) is 0 Å². The molecule has 0 radical (unpaired) electrons. The van der Waals surface area contributed by atoms with Crippen LogP contribution in [0.15, 0.2) is 18.2 Å². The van der Waals surface area contributed by atoms with Crippen molar-refractivity contribution >= 4 is 23.2 Å². The van der Waals surface area contributed by atoms with Gasteiger partial charge in [-0.05, 0) is 48.6 Å². The minimum atomic E-state index is 0.209. The quantitative estimate of drug-likeness (QED) is 0.790. The van der Waals surface area contributed by atoms with Crippen molar-refractivity contribution in [2.75, 3.05) is 6.54 Å². The first kappa shape index (κ1) is 15.8. The van der Waals surface area contributed by atoms with Gasteiger partial charge in [0.2, 0.25) is 0 Å². The molecule has 0 heterocycles. The molecule has 0 saturated carbocycles. The Kier molecular flexibility index (Phi) is 5.51. The van der Waals surface area contributed by atoms with Crippen LogP contribution < -0.4 is 5.32 Å². The molecular weight excluding hydrogens is 265 g/mol. The monoisotopic (exact) mass is 287 g/mol. The molecule has 2 atom stereocenters. The molecule has 0 bridgehead atoms. The SMILES string of the molecule is CC(NCC(C)C(C)(C)C)c1cc(Cl)ccc1Cl. The summed E-state index contributed by atoms with van der Waals surface area (Å²) in [5.41, 5.74) is 1.37. The van der Waals surface area contributed by atoms with Crippen molar-refractivity contribution in [2.45, 2.75) is 40.7 Å². The van der Waals surface area contributed by atoms with Crippen molar-refractivity contribution in [2.24, 2.45) is 11.3 Å². The van der Waals surface area contributed by atoms with Gasteiger partial charge in [-0.3, -0.25) is 0 Å². The van der Waals surface area contributed by atoms with Crippen molar-refractivity contribution in [1.82, 2.24) is 5.32 Å². The molecule has 102 valence electrons. The number of hydrogen-bond acceptors (Lipinski definition) is 1. The molecule has 0 saturated heterocycles. The summed E-state index contributed by atoms with van der Waals surface area (Å²) in [6.45, 7) is 12.1. The van der Waals surface area contributed by atoms with E-state index in [1.54, 1.807) is 0 Å². The summed E-state index contributed by atoms with van der Waals surface area (Å²) < 4.78 is 0. The van der Waals surface area contributed by atoms with Gasteiger partial charge in [-0.25, -0.2) is 0 Å². The maximum Gasteiger partial charge on any atom is 0.0454 e. The molecule has 1 aromatic rings. The Hall–Kier alpha value is -0.240. The molecule has 0 aliphatic rings. The third kappa shape index (κ3) is 4.46. The summed E-state index contributed by atoms with van der Waals surface area (Å²) in [5.74, 6) is 0.595. The highest BCUT2D eigenvalue weighted by molar-refractivity contribution is 6.33. The van der Waals surface area contributed by atoms with Gasteiger partial charge in [0, 0.05) is 16.1 Å². The van der Waals surface area contributed by atoms with Crippen molar-refractivity contribution in [3.05, 3.63) is 33.8 Å². The highest BCUT2D eigenvalue weighted by Crippen LogP contribution is 2.28. The number of nitrogens with one attached hydrogen (secondary N) is 1. The first-order chi connectivity index (χ1) is 8.21. The first-order valence-electron chi connectivity index (χ1n) is 6.40. The largest absolute Gasteiger partial charge is 0.310 e. The van der Waals surface area contributed by atoms with E-state index in [4.69, 9.17) is 23.2 Å². The van der Waals surface area contributed by atoms with Crippen LogP contribution in [0.5, 0.6) is 0 Å². The summed E-state index contributed by atoms with van der Waals surface area (Å²) in [7, 11) is 0. The average Bonchev–Trinajstić information content (AvgIpc) is 2.27. The van der Waals surface area contributed by atoms with E-state index < -0.39 is 0 Å². The van der Waals surface area contributed by atoms with Gasteiger partial charge in [0.1, 0.15) is 0 Å². The lowest BCUT2D eigenvalue weighted by molar-refractivity contribution is 0.247. The summed E-state index contributed by atoms with van der Waals surface area (Å²) in [6.07, 6.45) is 0. The highest BCUT2D eigenvalue weighted by Gasteiger charge is 2.20. The molecule has 3 heteroatoms. The topological polar surface area (TPSA) is 12.0 Å². The van der Waals surface area contributed by atoms with Gasteiger partial charge < -0.3 is 5.32 Å². The zero-order valence-corrected chi connectivity index (χ0v) is 13.4. The molecular formula is C15H23Cl2N. The van der Waals surface area contributed by atoms with E-state index in [2.05, 4.69) is 39.9 Å². The minimum Gasteiger partial charge on any atom is -0.310 e. The lowest BCUT2D eigenvalue weighted by atomic mass is 9.82. The normalized spacial score (nSPS) is 15.5. The maximum atomic E-state index is 6.20. The number of rotatable bonds is 4. The van der Waals surface area contributed by atoms with Gasteiger partial charge in [0.25, 0.3) is 0 Å². The van der Waals surface area contributed by atoms with Crippen molar-refractivity contribution in [3.8, 4) is 0 Å². The number of halogens is 2. The fourth-order valence-corrected chi connectivity index (χ4v) is 2.08. The molecule has 0 aliphatic heterocycles. The molecule has 1 N–H and O–H groups in total. The molecule has 1 nitrogen and oxygen atoms in total. The Bertz CT molecular complexity index is 396. The summed E-state index contributed by atoms with van der Waals surface area (Å²) in [6, 6.07) is 5.81. The molecule has 0 aromatic heterocycles. The zero-order chi connectivity index (χ0) is 13.9. The molecule has 0 spiro atoms.